The fraction of sp³-hybridized carbons (Fsp3) is 0.400. The molecule has 11 heteroatoms. The Bertz CT molecular complexity index is 1470. The van der Waals surface area contributed by atoms with E-state index in [4.69, 9.17) is 9.47 Å². The van der Waals surface area contributed by atoms with Gasteiger partial charge in [0.15, 0.2) is 0 Å². The number of nitrogens with one attached hydrogen (secondary N) is 2. The zero-order chi connectivity index (χ0) is 30.7. The predicted molar refractivity (Wildman–Crippen MR) is 171 cm³/mol. The molecular weight excluding hydrogens is 675 g/mol. The molecule has 8 nitrogen and oxygen atoms in total. The van der Waals surface area contributed by atoms with Gasteiger partial charge < -0.3 is 9.47 Å². The summed E-state index contributed by atoms with van der Waals surface area (Å²) in [5, 5.41) is 0. The molecular formula is C30H39IN2O6S2. The van der Waals surface area contributed by atoms with Gasteiger partial charge in [-0.1, -0.05) is 41.5 Å². The van der Waals surface area contributed by atoms with Gasteiger partial charge in [-0.15, -0.1) is 0 Å². The Morgan fingerprint density at radius 2 is 0.976 bits per heavy atom. The third kappa shape index (κ3) is 8.44. The largest absolute Gasteiger partial charge is 0.488 e. The van der Waals surface area contributed by atoms with Crippen LogP contribution in [0.15, 0.2) is 52.3 Å². The lowest BCUT2D eigenvalue weighted by Crippen LogP contribution is -2.35. The number of halogens is 1. The highest BCUT2D eigenvalue weighted by atomic mass is 127. The smallest absolute Gasteiger partial charge is 0.241 e. The first-order valence-corrected chi connectivity index (χ1v) is 17.3. The number of benzene rings is 3. The summed E-state index contributed by atoms with van der Waals surface area (Å²) in [6.07, 6.45) is -0.936. The van der Waals surface area contributed by atoms with Crippen LogP contribution < -0.4 is 18.9 Å². The molecule has 0 aliphatic heterocycles. The Morgan fingerprint density at radius 1 is 0.659 bits per heavy atom. The zero-order valence-corrected chi connectivity index (χ0v) is 28.5. The number of hydrogen-bond donors (Lipinski definition) is 2. The summed E-state index contributed by atoms with van der Waals surface area (Å²) in [7, 11) is -7.44. The molecule has 3 rings (SSSR count). The Balaban J connectivity index is 1.63. The zero-order valence-electron chi connectivity index (χ0n) is 24.8. The third-order valence-electron chi connectivity index (χ3n) is 6.45. The van der Waals surface area contributed by atoms with Gasteiger partial charge in [-0.25, -0.2) is 26.3 Å². The quantitative estimate of drug-likeness (QED) is 0.236. The first-order chi connectivity index (χ1) is 19.0. The van der Waals surface area contributed by atoms with E-state index in [1.807, 2.05) is 38.1 Å². The fourth-order valence-corrected chi connectivity index (χ4v) is 8.71. The van der Waals surface area contributed by atoms with Crippen molar-refractivity contribution in [2.45, 2.75) is 77.4 Å². The lowest BCUT2D eigenvalue weighted by molar-refractivity contribution is 0.209. The highest BCUT2D eigenvalue weighted by Gasteiger charge is 2.23. The molecule has 0 aromatic heterocycles. The van der Waals surface area contributed by atoms with E-state index < -0.39 is 32.3 Å². The Hall–Kier alpha value is -2.19. The molecule has 0 saturated carbocycles. The summed E-state index contributed by atoms with van der Waals surface area (Å²) in [5.74, 6) is 1.08. The number of sulfonamides is 2. The fourth-order valence-electron chi connectivity index (χ4n) is 4.97. The minimum atomic E-state index is -3.72. The van der Waals surface area contributed by atoms with E-state index in [9.17, 15) is 16.8 Å². The maximum atomic E-state index is 13.0. The molecule has 3 aromatic carbocycles. The summed E-state index contributed by atoms with van der Waals surface area (Å²) < 4.78 is 70.2. The predicted octanol–water partition coefficient (Wildman–Crippen LogP) is 5.63. The molecule has 3 aromatic rings. The summed E-state index contributed by atoms with van der Waals surface area (Å²) >= 11 is 2.11. The van der Waals surface area contributed by atoms with Crippen LogP contribution in [-0.4, -0.2) is 42.1 Å². The van der Waals surface area contributed by atoms with Crippen LogP contribution in [0.3, 0.4) is 0 Å². The van der Waals surface area contributed by atoms with Gasteiger partial charge in [0.1, 0.15) is 23.7 Å². The van der Waals surface area contributed by atoms with Crippen molar-refractivity contribution in [3.05, 3.63) is 79.4 Å². The van der Waals surface area contributed by atoms with Gasteiger partial charge in [-0.05, 0) is 112 Å². The van der Waals surface area contributed by atoms with Gasteiger partial charge in [0.05, 0.1) is 13.4 Å². The molecule has 0 bridgehead atoms. The molecule has 0 spiro atoms. The molecule has 2 atom stereocenters. The molecule has 0 aliphatic rings. The van der Waals surface area contributed by atoms with Crippen LogP contribution in [0.5, 0.6) is 11.5 Å². The molecule has 41 heavy (non-hydrogen) atoms. The van der Waals surface area contributed by atoms with E-state index >= 15 is 0 Å². The molecule has 0 fully saturated rings. The molecule has 224 valence electrons. The molecule has 0 radical (unpaired) electrons. The van der Waals surface area contributed by atoms with Crippen LogP contribution in [0.1, 0.15) is 47.2 Å². The second-order valence-electron chi connectivity index (χ2n) is 10.6. The van der Waals surface area contributed by atoms with Gasteiger partial charge in [-0.3, -0.25) is 0 Å². The number of aryl methyl sites for hydroxylation is 6. The van der Waals surface area contributed by atoms with Gasteiger partial charge in [0, 0.05) is 13.1 Å². The van der Waals surface area contributed by atoms with Crippen molar-refractivity contribution < 1.29 is 26.3 Å². The molecule has 0 aliphatic carbocycles. The Labute approximate surface area is 258 Å². The number of ether oxygens (including phenoxy) is 2. The van der Waals surface area contributed by atoms with Crippen molar-refractivity contribution in [3.8, 4) is 11.5 Å². The number of rotatable bonds is 12. The van der Waals surface area contributed by atoms with E-state index in [2.05, 4.69) is 32.0 Å². The van der Waals surface area contributed by atoms with Gasteiger partial charge in [0.2, 0.25) is 20.0 Å². The highest BCUT2D eigenvalue weighted by Crippen LogP contribution is 2.31. The van der Waals surface area contributed by atoms with Crippen LogP contribution >= 0.6 is 22.6 Å². The van der Waals surface area contributed by atoms with E-state index in [1.165, 1.54) is 0 Å². The summed E-state index contributed by atoms with van der Waals surface area (Å²) in [5.41, 5.74) is 4.81. The SMILES string of the molecule is Cc1cc(C)c(S(=O)(=O)NC[C@H](C)Oc2cccc(O[C@@H](C)CNS(=O)(=O)c3c(C)cc(C)cc3C)c2I)c(C)c1. The van der Waals surface area contributed by atoms with Crippen molar-refractivity contribution in [1.82, 2.24) is 9.44 Å². The van der Waals surface area contributed by atoms with Crippen LogP contribution in [0, 0.1) is 45.1 Å². The second kappa shape index (κ2) is 13.4. The lowest BCUT2D eigenvalue weighted by Gasteiger charge is -2.21. The van der Waals surface area contributed by atoms with E-state index in [0.29, 0.717) is 37.3 Å². The van der Waals surface area contributed by atoms with Crippen molar-refractivity contribution in [3.63, 3.8) is 0 Å². The van der Waals surface area contributed by atoms with Gasteiger partial charge >= 0.3 is 0 Å². The van der Waals surface area contributed by atoms with Crippen molar-refractivity contribution in [2.75, 3.05) is 13.1 Å². The minimum Gasteiger partial charge on any atom is -0.488 e. The van der Waals surface area contributed by atoms with Crippen LogP contribution in [-0.2, 0) is 20.0 Å². The molecule has 0 heterocycles. The first-order valence-electron chi connectivity index (χ1n) is 13.3. The van der Waals surface area contributed by atoms with Gasteiger partial charge in [-0.2, -0.15) is 0 Å². The molecule has 2 N–H and O–H groups in total. The maximum Gasteiger partial charge on any atom is 0.241 e. The Morgan fingerprint density at radius 3 is 1.29 bits per heavy atom. The van der Waals surface area contributed by atoms with Crippen molar-refractivity contribution in [2.24, 2.45) is 0 Å². The van der Waals surface area contributed by atoms with Crippen LogP contribution in [0.4, 0.5) is 0 Å². The van der Waals surface area contributed by atoms with E-state index in [0.717, 1.165) is 11.1 Å². The monoisotopic (exact) mass is 714 g/mol. The minimum absolute atomic E-state index is 0.0757. The summed E-state index contributed by atoms with van der Waals surface area (Å²) in [6, 6.07) is 12.8. The number of hydrogen-bond acceptors (Lipinski definition) is 6. The molecule has 0 saturated heterocycles. The van der Waals surface area contributed by atoms with Crippen molar-refractivity contribution in [1.29, 1.82) is 0 Å². The second-order valence-corrected chi connectivity index (χ2v) is 15.1. The standard InChI is InChI=1S/C30H39IN2O6S2/c1-18-12-20(3)29(21(4)13-18)40(34,35)32-16-24(7)38-26-10-9-11-27(28(26)31)39-25(8)17-33-41(36,37)30-22(5)14-19(2)15-23(30)6/h9-15,24-25,32-33H,16-17H2,1-8H3/t24-,25-/m0/s1. The lowest BCUT2D eigenvalue weighted by atomic mass is 10.1. The highest BCUT2D eigenvalue weighted by molar-refractivity contribution is 14.1. The van der Waals surface area contributed by atoms with Crippen molar-refractivity contribution >= 4 is 42.6 Å². The van der Waals surface area contributed by atoms with Gasteiger partial charge in [0.25, 0.3) is 0 Å². The van der Waals surface area contributed by atoms with E-state index in [1.54, 1.807) is 59.7 Å². The summed E-state index contributed by atoms with van der Waals surface area (Å²) in [6.45, 7) is 14.8. The first kappa shape index (κ1) is 33.3. The van der Waals surface area contributed by atoms with Crippen LogP contribution in [0.25, 0.3) is 0 Å². The average Bonchev–Trinajstić information content (AvgIpc) is 2.82. The Kier molecular flexibility index (Phi) is 10.9. The van der Waals surface area contributed by atoms with E-state index in [-0.39, 0.29) is 22.9 Å². The maximum absolute atomic E-state index is 13.0. The third-order valence-corrected chi connectivity index (χ3v) is 11.0. The topological polar surface area (TPSA) is 111 Å². The summed E-state index contributed by atoms with van der Waals surface area (Å²) in [4.78, 5) is 0.579. The van der Waals surface area contributed by atoms with Crippen LogP contribution in [0.2, 0.25) is 0 Å². The average molecular weight is 715 g/mol. The normalized spacial score (nSPS) is 13.6. The molecule has 0 amide bonds. The molecule has 0 unspecified atom stereocenters.